The first-order valence-electron chi connectivity index (χ1n) is 10.9. The van der Waals surface area contributed by atoms with E-state index in [1.165, 1.54) is 12.2 Å². The van der Waals surface area contributed by atoms with Gasteiger partial charge < -0.3 is 19.3 Å². The summed E-state index contributed by atoms with van der Waals surface area (Å²) in [6.45, 7) is 3.85. The van der Waals surface area contributed by atoms with Crippen LogP contribution in [0.15, 0.2) is 42.6 Å². The molecule has 5 atom stereocenters. The van der Waals surface area contributed by atoms with Crippen LogP contribution in [0.5, 0.6) is 0 Å². The van der Waals surface area contributed by atoms with Crippen molar-refractivity contribution in [2.24, 2.45) is 11.8 Å². The predicted molar refractivity (Wildman–Crippen MR) is 114 cm³/mol. The highest BCUT2D eigenvalue weighted by molar-refractivity contribution is 5.82. The van der Waals surface area contributed by atoms with Crippen LogP contribution in [0.1, 0.15) is 50.3 Å². The summed E-state index contributed by atoms with van der Waals surface area (Å²) in [5.41, 5.74) is 1.68. The summed E-state index contributed by atoms with van der Waals surface area (Å²) in [5, 5.41) is 10.6. The third-order valence-corrected chi connectivity index (χ3v) is 5.76. The summed E-state index contributed by atoms with van der Waals surface area (Å²) < 4.78 is 16.0. The number of allylic oxidation sites excluding steroid dienone is 2. The van der Waals surface area contributed by atoms with Gasteiger partial charge in [-0.3, -0.25) is 4.98 Å². The largest absolute Gasteiger partial charge is 0.508 e. The first-order valence-corrected chi connectivity index (χ1v) is 10.9. The van der Waals surface area contributed by atoms with Crippen molar-refractivity contribution in [2.45, 2.75) is 70.9 Å². The average Bonchev–Trinajstić information content (AvgIpc) is 3.13. The number of aliphatic hydroxyl groups is 1. The van der Waals surface area contributed by atoms with Gasteiger partial charge in [-0.25, -0.2) is 9.59 Å². The molecular formula is C24H31NO6. The number of nitrogens with zero attached hydrogens (tertiary/aromatic N) is 1. The van der Waals surface area contributed by atoms with Crippen LogP contribution >= 0.6 is 0 Å². The normalized spacial score (nSPS) is 31.2. The van der Waals surface area contributed by atoms with Crippen molar-refractivity contribution in [1.29, 1.82) is 0 Å². The highest BCUT2D eigenvalue weighted by Gasteiger charge is 2.38. The van der Waals surface area contributed by atoms with Crippen molar-refractivity contribution in [3.05, 3.63) is 53.9 Å². The zero-order valence-corrected chi connectivity index (χ0v) is 18.1. The number of pyridine rings is 1. The van der Waals surface area contributed by atoms with E-state index in [0.717, 1.165) is 30.5 Å². The van der Waals surface area contributed by atoms with Crippen molar-refractivity contribution in [1.82, 2.24) is 4.98 Å². The minimum absolute atomic E-state index is 0.0490. The van der Waals surface area contributed by atoms with E-state index >= 15 is 0 Å². The summed E-state index contributed by atoms with van der Waals surface area (Å²) >= 11 is 0. The second kappa shape index (κ2) is 11.1. The molecule has 168 valence electrons. The number of aromatic nitrogens is 1. The van der Waals surface area contributed by atoms with Crippen molar-refractivity contribution in [3.8, 4) is 0 Å². The topological polar surface area (TPSA) is 95.0 Å². The Labute approximate surface area is 183 Å². The van der Waals surface area contributed by atoms with E-state index < -0.39 is 18.2 Å². The molecule has 1 aliphatic heterocycles. The first kappa shape index (κ1) is 23.0. The number of esters is 1. The van der Waals surface area contributed by atoms with Crippen LogP contribution in [-0.4, -0.2) is 40.5 Å². The Bertz CT molecular complexity index is 803. The van der Waals surface area contributed by atoms with Gasteiger partial charge in [-0.1, -0.05) is 18.2 Å². The van der Waals surface area contributed by atoms with E-state index in [1.54, 1.807) is 6.20 Å². The maximum Gasteiger partial charge on any atom is 0.508 e. The molecular weight excluding hydrogens is 398 g/mol. The van der Waals surface area contributed by atoms with Crippen LogP contribution in [0.2, 0.25) is 0 Å². The molecule has 0 unspecified atom stereocenters. The molecule has 0 aromatic carbocycles. The molecule has 1 aromatic rings. The summed E-state index contributed by atoms with van der Waals surface area (Å²) in [6.07, 6.45) is 10.2. The van der Waals surface area contributed by atoms with Gasteiger partial charge in [0.05, 0.1) is 12.2 Å². The third kappa shape index (κ3) is 7.21. The molecule has 1 saturated carbocycles. The highest BCUT2D eigenvalue weighted by atomic mass is 16.7. The second-order valence-corrected chi connectivity index (χ2v) is 8.34. The molecule has 31 heavy (non-hydrogen) atoms. The molecule has 0 spiro atoms. The van der Waals surface area contributed by atoms with Crippen LogP contribution in [0.4, 0.5) is 4.79 Å². The van der Waals surface area contributed by atoms with Gasteiger partial charge in [-0.2, -0.15) is 0 Å². The van der Waals surface area contributed by atoms with Crippen molar-refractivity contribution in [3.63, 3.8) is 0 Å². The van der Waals surface area contributed by atoms with Gasteiger partial charge in [-0.15, -0.1) is 0 Å². The van der Waals surface area contributed by atoms with Gasteiger partial charge in [-0.05, 0) is 69.9 Å². The number of rotatable bonds is 3. The zero-order valence-electron chi connectivity index (χ0n) is 18.1. The van der Waals surface area contributed by atoms with E-state index in [4.69, 9.17) is 14.2 Å². The Morgan fingerprint density at radius 3 is 2.90 bits per heavy atom. The Morgan fingerprint density at radius 1 is 1.29 bits per heavy atom. The maximum absolute atomic E-state index is 12.2. The lowest BCUT2D eigenvalue weighted by Gasteiger charge is -2.19. The van der Waals surface area contributed by atoms with E-state index in [1.807, 2.05) is 26.0 Å². The smallest absolute Gasteiger partial charge is 0.460 e. The summed E-state index contributed by atoms with van der Waals surface area (Å²) in [4.78, 5) is 28.3. The Morgan fingerprint density at radius 2 is 2.13 bits per heavy atom. The van der Waals surface area contributed by atoms with Crippen LogP contribution in [-0.2, 0) is 25.6 Å². The predicted octanol–water partition coefficient (Wildman–Crippen LogP) is 4.03. The minimum atomic E-state index is -0.832. The molecule has 1 fully saturated rings. The fraction of sp³-hybridized carbons (Fsp3) is 0.542. The fourth-order valence-electron chi connectivity index (χ4n) is 4.07. The second-order valence-electron chi connectivity index (χ2n) is 8.34. The maximum atomic E-state index is 12.2. The molecule has 7 nitrogen and oxygen atoms in total. The number of aliphatic hydroxyl groups excluding tert-OH is 1. The average molecular weight is 430 g/mol. The Kier molecular flexibility index (Phi) is 8.23. The van der Waals surface area contributed by atoms with Gasteiger partial charge >= 0.3 is 12.1 Å². The van der Waals surface area contributed by atoms with Crippen molar-refractivity contribution in [2.75, 3.05) is 0 Å². The monoisotopic (exact) mass is 429 g/mol. The van der Waals surface area contributed by atoms with Crippen molar-refractivity contribution < 1.29 is 28.9 Å². The molecule has 2 aliphatic rings. The number of hydrogen-bond donors (Lipinski definition) is 1. The van der Waals surface area contributed by atoms with E-state index in [2.05, 4.69) is 17.1 Å². The molecule has 3 rings (SSSR count). The third-order valence-electron chi connectivity index (χ3n) is 5.76. The molecule has 0 bridgehead atoms. The molecule has 1 aromatic heterocycles. The zero-order chi connectivity index (χ0) is 22.2. The molecule has 1 aliphatic carbocycles. The molecule has 0 amide bonds. The van der Waals surface area contributed by atoms with Gasteiger partial charge in [0, 0.05) is 23.5 Å². The van der Waals surface area contributed by atoms with E-state index in [0.29, 0.717) is 12.8 Å². The summed E-state index contributed by atoms with van der Waals surface area (Å²) in [6, 6.07) is 3.71. The van der Waals surface area contributed by atoms with Gasteiger partial charge in [0.15, 0.2) is 0 Å². The van der Waals surface area contributed by atoms with Gasteiger partial charge in [0.25, 0.3) is 0 Å². The molecule has 7 heteroatoms. The number of hydrogen-bond acceptors (Lipinski definition) is 7. The quantitative estimate of drug-likeness (QED) is 0.573. The number of aryl methyl sites for hydroxylation is 1. The first-order chi connectivity index (χ1) is 14.9. The molecule has 0 radical (unpaired) electrons. The van der Waals surface area contributed by atoms with Crippen molar-refractivity contribution >= 4 is 12.1 Å². The molecule has 2 heterocycles. The highest BCUT2D eigenvalue weighted by Crippen LogP contribution is 2.38. The number of fused-ring (bicyclic) bond motifs is 1. The van der Waals surface area contributed by atoms with Crippen LogP contribution in [0.25, 0.3) is 0 Å². The summed E-state index contributed by atoms with van der Waals surface area (Å²) in [5.74, 6) is -0.555. The fourth-order valence-corrected chi connectivity index (χ4v) is 4.07. The number of carbonyl (C=O) groups is 2. The lowest BCUT2D eigenvalue weighted by molar-refractivity contribution is -0.142. The van der Waals surface area contributed by atoms with Crippen LogP contribution < -0.4 is 0 Å². The number of carbonyl (C=O) groups excluding carboxylic acids is 2. The van der Waals surface area contributed by atoms with E-state index in [-0.39, 0.29) is 30.7 Å². The van der Waals surface area contributed by atoms with Crippen LogP contribution in [0.3, 0.4) is 0 Å². The Hall–Kier alpha value is -2.67. The van der Waals surface area contributed by atoms with Gasteiger partial charge in [0.2, 0.25) is 0 Å². The Balaban J connectivity index is 1.58. The summed E-state index contributed by atoms with van der Waals surface area (Å²) in [7, 11) is 0. The van der Waals surface area contributed by atoms with E-state index in [9.17, 15) is 14.7 Å². The number of cyclic esters (lactones) is 1. The molecule has 0 saturated heterocycles. The van der Waals surface area contributed by atoms with Crippen LogP contribution in [0, 0.1) is 18.8 Å². The SMILES string of the molecule is Cc1ccc(COC(=O)O[C@@H]2C[C@H]3[C@H](O)/C=C/C(=O)O[C@@H](C)CCC/C=C/[C@@H]3C2)cn1. The standard InChI is InChI=1S/C24H31NO6/c1-16-8-9-18(14-25-16)15-29-24(28)31-20-12-19-7-5-3-4-6-17(2)30-23(27)11-10-22(26)21(19)13-20/h5,7-11,14,17,19-22,26H,3-4,6,12-13,15H2,1-2H3/b7-5+,11-10+/t17-,19+,20-,21+,22+/m0/s1. The number of ether oxygens (including phenoxy) is 3. The lowest BCUT2D eigenvalue weighted by atomic mass is 9.90. The minimum Gasteiger partial charge on any atom is -0.460 e. The van der Waals surface area contributed by atoms with Gasteiger partial charge in [0.1, 0.15) is 12.7 Å². The lowest BCUT2D eigenvalue weighted by Crippen LogP contribution is -2.22. The molecule has 1 N–H and O–H groups in total.